The van der Waals surface area contributed by atoms with Crippen molar-refractivity contribution in [3.8, 4) is 0 Å². The molecule has 9 heteroatoms. The van der Waals surface area contributed by atoms with Crippen LogP contribution >= 0.6 is 12.4 Å². The van der Waals surface area contributed by atoms with Crippen molar-refractivity contribution in [3.63, 3.8) is 0 Å². The van der Waals surface area contributed by atoms with Crippen molar-refractivity contribution in [2.24, 2.45) is 11.1 Å². The van der Waals surface area contributed by atoms with Crippen LogP contribution in [0.15, 0.2) is 29.2 Å². The van der Waals surface area contributed by atoms with Gasteiger partial charge in [0, 0.05) is 33.1 Å². The number of carbonyl (C=O) groups excluding carboxylic acids is 1. The number of nitrogens with zero attached hydrogens (tertiary/aromatic N) is 2. The third-order valence-electron chi connectivity index (χ3n) is 4.80. The Morgan fingerprint density at radius 2 is 1.79 bits per heavy atom. The molecule has 0 radical (unpaired) electrons. The zero-order valence-electron chi connectivity index (χ0n) is 16.9. The number of benzene rings is 1. The van der Waals surface area contributed by atoms with Crippen LogP contribution < -0.4 is 5.73 Å². The molecule has 0 aromatic heterocycles. The number of carbonyl (C=O) groups is 1. The number of morpholine rings is 1. The molecule has 160 valence electrons. The zero-order valence-corrected chi connectivity index (χ0v) is 18.5. The highest BCUT2D eigenvalue weighted by atomic mass is 35.5. The predicted molar refractivity (Wildman–Crippen MR) is 112 cm³/mol. The molecule has 0 aliphatic carbocycles. The summed E-state index contributed by atoms with van der Waals surface area (Å²) in [7, 11) is -1.69. The Hall–Kier alpha value is -1.19. The molecule has 1 amide bonds. The summed E-state index contributed by atoms with van der Waals surface area (Å²) in [5.74, 6) is 0.0570. The van der Waals surface area contributed by atoms with Crippen molar-refractivity contribution in [3.05, 3.63) is 29.8 Å². The van der Waals surface area contributed by atoms with Crippen LogP contribution in [0.5, 0.6) is 0 Å². The molecule has 2 N–H and O–H groups in total. The van der Waals surface area contributed by atoms with Gasteiger partial charge in [-0.15, -0.1) is 12.4 Å². The number of ether oxygens (including phenoxy) is 1. The lowest BCUT2D eigenvalue weighted by molar-refractivity contribution is -0.131. The van der Waals surface area contributed by atoms with Crippen molar-refractivity contribution in [2.45, 2.75) is 31.6 Å². The standard InChI is InChI=1S/C19H31N3O4S.ClH/c1-19(2,14-20)15-21(3)18(23)9-6-16-4-7-17(8-5-16)27(24,25)22-10-12-26-13-11-22;/h4-5,7-8H,6,9-15,20H2,1-3H3;1H. The Balaban J connectivity index is 0.00000392. The third-order valence-corrected chi connectivity index (χ3v) is 6.72. The summed E-state index contributed by atoms with van der Waals surface area (Å²) >= 11 is 0. The fourth-order valence-electron chi connectivity index (χ4n) is 3.00. The summed E-state index contributed by atoms with van der Waals surface area (Å²) in [6.45, 7) is 6.80. The molecule has 0 saturated carbocycles. The number of aryl methyl sites for hydroxylation is 1. The van der Waals surface area contributed by atoms with Gasteiger partial charge in [0.2, 0.25) is 15.9 Å². The smallest absolute Gasteiger partial charge is 0.243 e. The average Bonchev–Trinajstić information content (AvgIpc) is 2.66. The lowest BCUT2D eigenvalue weighted by Crippen LogP contribution is -2.40. The van der Waals surface area contributed by atoms with E-state index in [1.54, 1.807) is 36.2 Å². The molecular weight excluding hydrogens is 402 g/mol. The van der Waals surface area contributed by atoms with Crippen LogP contribution in [0.4, 0.5) is 0 Å². The zero-order chi connectivity index (χ0) is 20.1. The Bertz CT molecular complexity index is 732. The monoisotopic (exact) mass is 433 g/mol. The first-order valence-corrected chi connectivity index (χ1v) is 10.7. The molecule has 0 atom stereocenters. The number of nitrogens with two attached hydrogens (primary N) is 1. The second-order valence-electron chi connectivity index (χ2n) is 7.78. The van der Waals surface area contributed by atoms with Gasteiger partial charge in [0.1, 0.15) is 0 Å². The van der Waals surface area contributed by atoms with Gasteiger partial charge in [0.05, 0.1) is 18.1 Å². The van der Waals surface area contributed by atoms with Crippen molar-refractivity contribution < 1.29 is 17.9 Å². The van der Waals surface area contributed by atoms with Gasteiger partial charge in [-0.1, -0.05) is 26.0 Å². The Kier molecular flexibility index (Phi) is 9.36. The van der Waals surface area contributed by atoms with Crippen LogP contribution in [0, 0.1) is 5.41 Å². The van der Waals surface area contributed by atoms with E-state index in [0.29, 0.717) is 52.2 Å². The summed E-state index contributed by atoms with van der Waals surface area (Å²) in [5, 5.41) is 0. The van der Waals surface area contributed by atoms with Gasteiger partial charge in [0.25, 0.3) is 0 Å². The number of amides is 1. The van der Waals surface area contributed by atoms with E-state index in [-0.39, 0.29) is 28.6 Å². The van der Waals surface area contributed by atoms with E-state index in [2.05, 4.69) is 0 Å². The van der Waals surface area contributed by atoms with Gasteiger partial charge in [-0.2, -0.15) is 4.31 Å². The minimum atomic E-state index is -3.48. The maximum absolute atomic E-state index is 12.6. The molecule has 1 saturated heterocycles. The van der Waals surface area contributed by atoms with E-state index >= 15 is 0 Å². The normalized spacial score (nSPS) is 15.7. The molecule has 2 rings (SSSR count). The van der Waals surface area contributed by atoms with Crippen LogP contribution in [0.3, 0.4) is 0 Å². The summed E-state index contributed by atoms with van der Waals surface area (Å²) in [4.78, 5) is 14.3. The maximum Gasteiger partial charge on any atom is 0.243 e. The first kappa shape index (κ1) is 24.8. The largest absolute Gasteiger partial charge is 0.379 e. The summed E-state index contributed by atoms with van der Waals surface area (Å²) in [5.41, 5.74) is 6.55. The van der Waals surface area contributed by atoms with Crippen molar-refractivity contribution >= 4 is 28.3 Å². The molecule has 1 aromatic rings. The molecule has 28 heavy (non-hydrogen) atoms. The SMILES string of the molecule is CN(CC(C)(C)CN)C(=O)CCc1ccc(S(=O)(=O)N2CCOCC2)cc1.Cl. The Labute approximate surface area is 174 Å². The second-order valence-corrected chi connectivity index (χ2v) is 9.72. The minimum Gasteiger partial charge on any atom is -0.379 e. The first-order valence-electron chi connectivity index (χ1n) is 9.26. The van der Waals surface area contributed by atoms with E-state index in [4.69, 9.17) is 10.5 Å². The fourth-order valence-corrected chi connectivity index (χ4v) is 4.41. The highest BCUT2D eigenvalue weighted by Crippen LogP contribution is 2.19. The summed E-state index contributed by atoms with van der Waals surface area (Å²) in [6.07, 6.45) is 0.955. The maximum atomic E-state index is 12.6. The Morgan fingerprint density at radius 1 is 1.21 bits per heavy atom. The molecule has 1 aliphatic heterocycles. The van der Waals surface area contributed by atoms with E-state index < -0.39 is 10.0 Å². The molecule has 7 nitrogen and oxygen atoms in total. The molecule has 1 fully saturated rings. The van der Waals surface area contributed by atoms with Crippen molar-refractivity contribution in [1.82, 2.24) is 9.21 Å². The predicted octanol–water partition coefficient (Wildman–Crippen LogP) is 1.51. The molecule has 0 spiro atoms. The number of sulfonamides is 1. The van der Waals surface area contributed by atoms with Crippen molar-refractivity contribution in [1.29, 1.82) is 0 Å². The van der Waals surface area contributed by atoms with Crippen LogP contribution in [0.2, 0.25) is 0 Å². The van der Waals surface area contributed by atoms with Gasteiger partial charge < -0.3 is 15.4 Å². The number of halogens is 1. The lowest BCUT2D eigenvalue weighted by Gasteiger charge is -2.29. The first-order chi connectivity index (χ1) is 12.7. The molecule has 0 bridgehead atoms. The van der Waals surface area contributed by atoms with Gasteiger partial charge >= 0.3 is 0 Å². The van der Waals surface area contributed by atoms with Gasteiger partial charge in [-0.3, -0.25) is 4.79 Å². The van der Waals surface area contributed by atoms with Crippen LogP contribution in [-0.4, -0.2) is 70.0 Å². The topological polar surface area (TPSA) is 92.9 Å². The molecule has 0 unspecified atom stereocenters. The van der Waals surface area contributed by atoms with Crippen LogP contribution in [0.1, 0.15) is 25.8 Å². The van der Waals surface area contributed by atoms with E-state index in [1.807, 2.05) is 13.8 Å². The molecule has 1 aliphatic rings. The molecule has 1 heterocycles. The summed E-state index contributed by atoms with van der Waals surface area (Å²) < 4.78 is 31.9. The van der Waals surface area contributed by atoms with E-state index in [0.717, 1.165) is 5.56 Å². The summed E-state index contributed by atoms with van der Waals surface area (Å²) in [6, 6.07) is 6.80. The molecular formula is C19H32ClN3O4S. The lowest BCUT2D eigenvalue weighted by atomic mass is 9.93. The number of hydrogen-bond acceptors (Lipinski definition) is 5. The highest BCUT2D eigenvalue weighted by molar-refractivity contribution is 7.89. The number of hydrogen-bond donors (Lipinski definition) is 1. The van der Waals surface area contributed by atoms with Crippen LogP contribution in [0.25, 0.3) is 0 Å². The second kappa shape index (κ2) is 10.5. The average molecular weight is 434 g/mol. The van der Waals surface area contributed by atoms with E-state index in [1.165, 1.54) is 4.31 Å². The Morgan fingerprint density at radius 3 is 2.32 bits per heavy atom. The van der Waals surface area contributed by atoms with Crippen LogP contribution in [-0.2, 0) is 26.0 Å². The molecule has 1 aromatic carbocycles. The van der Waals surface area contributed by atoms with E-state index in [9.17, 15) is 13.2 Å². The van der Waals surface area contributed by atoms with Gasteiger partial charge in [0.15, 0.2) is 0 Å². The highest BCUT2D eigenvalue weighted by Gasteiger charge is 2.26. The van der Waals surface area contributed by atoms with Gasteiger partial charge in [-0.05, 0) is 36.1 Å². The quantitative estimate of drug-likeness (QED) is 0.670. The minimum absolute atomic E-state index is 0. The van der Waals surface area contributed by atoms with Gasteiger partial charge in [-0.25, -0.2) is 8.42 Å². The third kappa shape index (κ3) is 6.70. The van der Waals surface area contributed by atoms with Crippen molar-refractivity contribution in [2.75, 3.05) is 46.4 Å². The number of rotatable bonds is 8. The fraction of sp³-hybridized carbons (Fsp3) is 0.632.